The molecule has 1 aromatic carbocycles. The fourth-order valence-electron chi connectivity index (χ4n) is 4.36. The molecule has 0 fully saturated rings. The highest BCUT2D eigenvalue weighted by atomic mass is 32.1. The van der Waals surface area contributed by atoms with Crippen molar-refractivity contribution in [3.63, 3.8) is 0 Å². The van der Waals surface area contributed by atoms with E-state index in [0.29, 0.717) is 14.6 Å². The van der Waals surface area contributed by atoms with Crippen LogP contribution in [0.25, 0.3) is 12.7 Å². The first-order valence-corrected chi connectivity index (χ1v) is 14.6. The van der Waals surface area contributed by atoms with Crippen molar-refractivity contribution in [3.8, 4) is 11.9 Å². The molecule has 0 atom stereocenters. The summed E-state index contributed by atoms with van der Waals surface area (Å²) >= 11 is 1.44. The normalized spacial score (nSPS) is 11.5. The van der Waals surface area contributed by atoms with Gasteiger partial charge < -0.3 is 10.0 Å². The lowest BCUT2D eigenvalue weighted by atomic mass is 10.1. The molecule has 216 valence electrons. The van der Waals surface area contributed by atoms with Crippen LogP contribution in [0.5, 0.6) is 5.88 Å². The van der Waals surface area contributed by atoms with E-state index >= 15 is 0 Å². The fourth-order valence-corrected chi connectivity index (χ4v) is 5.58. The number of aromatic hydroxyl groups is 1. The van der Waals surface area contributed by atoms with E-state index < -0.39 is 23.3 Å². The molecular formula is C31H37N5O4S. The maximum Gasteiger partial charge on any atom is 0.280 e. The van der Waals surface area contributed by atoms with Crippen molar-refractivity contribution in [1.82, 2.24) is 9.66 Å². The van der Waals surface area contributed by atoms with Gasteiger partial charge in [0.1, 0.15) is 11.6 Å². The van der Waals surface area contributed by atoms with Crippen molar-refractivity contribution in [3.05, 3.63) is 72.8 Å². The Morgan fingerprint density at radius 3 is 2.29 bits per heavy atom. The van der Waals surface area contributed by atoms with Gasteiger partial charge in [-0.2, -0.15) is 14.9 Å². The first kappa shape index (κ1) is 31.3. The smallest absolute Gasteiger partial charge is 0.280 e. The minimum Gasteiger partial charge on any atom is -0.492 e. The Balaban J connectivity index is 2.32. The first-order chi connectivity index (χ1) is 19.6. The lowest BCUT2D eigenvalue weighted by Crippen LogP contribution is -2.56. The van der Waals surface area contributed by atoms with Gasteiger partial charge in [0.05, 0.1) is 15.8 Å². The second-order valence-corrected chi connectivity index (χ2v) is 11.1. The summed E-state index contributed by atoms with van der Waals surface area (Å²) in [5, 5.41) is 22.2. The average molecular weight is 576 g/mol. The molecule has 2 amide bonds. The van der Waals surface area contributed by atoms with E-state index in [1.807, 2.05) is 19.9 Å². The zero-order valence-electron chi connectivity index (χ0n) is 24.3. The molecule has 3 aromatic rings. The fraction of sp³-hybridized carbons (Fsp3) is 0.387. The van der Waals surface area contributed by atoms with Crippen molar-refractivity contribution in [2.75, 3.05) is 23.0 Å². The van der Waals surface area contributed by atoms with Gasteiger partial charge in [0.25, 0.3) is 11.5 Å². The van der Waals surface area contributed by atoms with Crippen LogP contribution in [-0.2, 0) is 4.79 Å². The third-order valence-electron chi connectivity index (χ3n) is 6.62. The summed E-state index contributed by atoms with van der Waals surface area (Å²) in [7, 11) is 0. The number of aromatic nitrogens is 2. The molecule has 0 unspecified atom stereocenters. The van der Waals surface area contributed by atoms with E-state index in [0.717, 1.165) is 56.5 Å². The second kappa shape index (κ2) is 13.9. The van der Waals surface area contributed by atoms with Crippen LogP contribution in [0.2, 0.25) is 0 Å². The lowest BCUT2D eigenvalue weighted by molar-refractivity contribution is -0.117. The number of rotatable bonds is 11. The summed E-state index contributed by atoms with van der Waals surface area (Å²) in [6.45, 7) is 15.0. The van der Waals surface area contributed by atoms with Gasteiger partial charge in [-0.05, 0) is 37.0 Å². The van der Waals surface area contributed by atoms with Crippen molar-refractivity contribution < 1.29 is 14.7 Å². The number of carbonyl (C=O) groups is 2. The third-order valence-corrected chi connectivity index (χ3v) is 7.70. The van der Waals surface area contributed by atoms with E-state index in [4.69, 9.17) is 4.98 Å². The van der Waals surface area contributed by atoms with Crippen molar-refractivity contribution in [1.29, 1.82) is 5.26 Å². The molecule has 9 nitrogen and oxygen atoms in total. The van der Waals surface area contributed by atoms with Gasteiger partial charge in [0.2, 0.25) is 11.8 Å². The number of hydrogen-bond donors (Lipinski definition) is 1. The summed E-state index contributed by atoms with van der Waals surface area (Å²) in [4.78, 5) is 47.9. The molecule has 2 heterocycles. The summed E-state index contributed by atoms with van der Waals surface area (Å²) in [5.41, 5.74) is -0.260. The molecule has 0 aliphatic heterocycles. The summed E-state index contributed by atoms with van der Waals surface area (Å²) in [6.07, 6.45) is 5.74. The SMILES string of the molecule is C=c1c(C#N)c(O)n(N(C(C)=O)C(=O)c2ccccc2)c(=O)/c1=C\c1sc(N(CCCC)CCCC)nc1C(C)C. The highest BCUT2D eigenvalue weighted by Crippen LogP contribution is 2.32. The molecule has 0 bridgehead atoms. The van der Waals surface area contributed by atoms with Crippen LogP contribution in [0.3, 0.4) is 0 Å². The summed E-state index contributed by atoms with van der Waals surface area (Å²) in [5.74, 6) is -2.44. The van der Waals surface area contributed by atoms with Crippen LogP contribution in [0.15, 0.2) is 35.1 Å². The zero-order chi connectivity index (χ0) is 30.3. The second-order valence-electron chi connectivity index (χ2n) is 10.1. The number of nitriles is 1. The number of unbranched alkanes of at least 4 members (excludes halogenated alkanes) is 2. The maximum atomic E-state index is 13.9. The Morgan fingerprint density at radius 1 is 1.17 bits per heavy atom. The molecule has 0 radical (unpaired) electrons. The van der Waals surface area contributed by atoms with Crippen molar-refractivity contribution in [2.45, 2.75) is 66.2 Å². The molecule has 10 heteroatoms. The molecule has 3 rings (SSSR count). The molecule has 1 N–H and O–H groups in total. The van der Waals surface area contributed by atoms with Crippen molar-refractivity contribution >= 4 is 40.9 Å². The molecule has 0 aliphatic carbocycles. The molecule has 0 spiro atoms. The number of carbonyl (C=O) groups excluding carboxylic acids is 2. The largest absolute Gasteiger partial charge is 0.492 e. The Labute approximate surface area is 244 Å². The molecule has 41 heavy (non-hydrogen) atoms. The van der Waals surface area contributed by atoms with Crippen LogP contribution in [0, 0.1) is 11.3 Å². The van der Waals surface area contributed by atoms with Crippen LogP contribution < -0.4 is 25.9 Å². The zero-order valence-corrected chi connectivity index (χ0v) is 25.1. The van der Waals surface area contributed by atoms with Gasteiger partial charge in [0.15, 0.2) is 5.13 Å². The minimum absolute atomic E-state index is 0.000361. The van der Waals surface area contributed by atoms with Gasteiger partial charge >= 0.3 is 0 Å². The highest BCUT2D eigenvalue weighted by molar-refractivity contribution is 7.16. The Hall–Kier alpha value is -4.23. The van der Waals surface area contributed by atoms with E-state index in [2.05, 4.69) is 25.3 Å². The number of imide groups is 1. The average Bonchev–Trinajstić information content (AvgIpc) is 3.38. The van der Waals surface area contributed by atoms with Gasteiger partial charge in [-0.3, -0.25) is 14.4 Å². The van der Waals surface area contributed by atoms with Crippen molar-refractivity contribution in [2.24, 2.45) is 0 Å². The number of pyridine rings is 1. The minimum atomic E-state index is -0.857. The highest BCUT2D eigenvalue weighted by Gasteiger charge is 2.28. The van der Waals surface area contributed by atoms with E-state index in [1.165, 1.54) is 23.5 Å². The number of nitrogens with zero attached hydrogens (tertiary/aromatic N) is 5. The first-order valence-electron chi connectivity index (χ1n) is 13.8. The number of thiazole rings is 1. The summed E-state index contributed by atoms with van der Waals surface area (Å²) in [6, 6.07) is 9.80. The standard InChI is InChI=1S/C31H37N5O4S/c1-7-9-16-34(17-10-8-2)31-33-27(20(3)4)26(41-31)18-24-21(5)25(19-32)30(40)36(29(24)39)35(22(6)37)28(38)23-14-12-11-13-15-23/h11-15,18,20,40H,5,7-10,16-17H2,1-4,6H3/b24-18-. The topological polar surface area (TPSA) is 120 Å². The van der Waals surface area contributed by atoms with Gasteiger partial charge in [0, 0.05) is 30.8 Å². The third kappa shape index (κ3) is 6.74. The molecule has 2 aromatic heterocycles. The van der Waals surface area contributed by atoms with Gasteiger partial charge in [-0.1, -0.05) is 76.7 Å². The van der Waals surface area contributed by atoms with E-state index in [-0.39, 0.29) is 27.5 Å². The van der Waals surface area contributed by atoms with Crippen LogP contribution in [0.1, 0.15) is 92.7 Å². The molecule has 0 saturated carbocycles. The van der Waals surface area contributed by atoms with Crippen LogP contribution >= 0.6 is 11.3 Å². The predicted molar refractivity (Wildman–Crippen MR) is 163 cm³/mol. The predicted octanol–water partition coefficient (Wildman–Crippen LogP) is 3.98. The monoisotopic (exact) mass is 575 g/mol. The Bertz CT molecular complexity index is 1610. The Morgan fingerprint density at radius 2 is 1.78 bits per heavy atom. The lowest BCUT2D eigenvalue weighted by Gasteiger charge is -2.22. The van der Waals surface area contributed by atoms with E-state index in [9.17, 15) is 24.8 Å². The number of amides is 2. The number of hydrogen-bond acceptors (Lipinski definition) is 8. The maximum absolute atomic E-state index is 13.9. The van der Waals surface area contributed by atoms with Gasteiger partial charge in [-0.15, -0.1) is 0 Å². The number of anilines is 1. The summed E-state index contributed by atoms with van der Waals surface area (Å²) < 4.78 is 0.558. The molecule has 0 saturated heterocycles. The van der Waals surface area contributed by atoms with Gasteiger partial charge in [-0.25, -0.2) is 4.98 Å². The molecular weight excluding hydrogens is 538 g/mol. The van der Waals surface area contributed by atoms with Crippen LogP contribution in [0.4, 0.5) is 5.13 Å². The van der Waals surface area contributed by atoms with Crippen LogP contribution in [-0.4, -0.2) is 39.7 Å². The quantitative estimate of drug-likeness (QED) is 0.367. The molecule has 0 aliphatic rings. The van der Waals surface area contributed by atoms with E-state index in [1.54, 1.807) is 24.3 Å². The Kier molecular flexibility index (Phi) is 10.6. The number of benzene rings is 1.